The molecule has 64 valence electrons. The van der Waals surface area contributed by atoms with E-state index in [-0.39, 0.29) is 0 Å². The summed E-state index contributed by atoms with van der Waals surface area (Å²) in [7, 11) is 0. The third kappa shape index (κ3) is 3.62. The zero-order chi connectivity index (χ0) is 8.10. The van der Waals surface area contributed by atoms with Gasteiger partial charge in [-0.2, -0.15) is 0 Å². The van der Waals surface area contributed by atoms with E-state index in [1.54, 1.807) is 0 Å². The second-order valence-electron chi connectivity index (χ2n) is 2.65. The average molecular weight is 175 g/mol. The highest BCUT2D eigenvalue weighted by Gasteiger charge is 2.11. The quantitative estimate of drug-likeness (QED) is 0.688. The van der Waals surface area contributed by atoms with Crippen molar-refractivity contribution in [2.45, 2.75) is 12.8 Å². The van der Waals surface area contributed by atoms with Gasteiger partial charge in [0.25, 0.3) is 0 Å². The summed E-state index contributed by atoms with van der Waals surface area (Å²) in [4.78, 5) is 12.4. The van der Waals surface area contributed by atoms with E-state index in [1.165, 1.54) is 5.75 Å². The largest absolute Gasteiger partial charge is 0.481 e. The Balaban J connectivity index is 1.98. The molecule has 0 amide bonds. The zero-order valence-corrected chi connectivity index (χ0v) is 7.27. The molecule has 0 spiro atoms. The summed E-state index contributed by atoms with van der Waals surface area (Å²) in [6.07, 6.45) is 1.09. The molecule has 3 nitrogen and oxygen atoms in total. The maximum Gasteiger partial charge on any atom is 0.303 e. The lowest BCUT2D eigenvalue weighted by Gasteiger charge is -2.11. The van der Waals surface area contributed by atoms with Crippen LogP contribution in [0.25, 0.3) is 0 Å². The van der Waals surface area contributed by atoms with Crippen molar-refractivity contribution in [3.05, 3.63) is 0 Å². The third-order valence-electron chi connectivity index (χ3n) is 1.69. The molecule has 0 aromatic heterocycles. The van der Waals surface area contributed by atoms with Crippen LogP contribution >= 0.6 is 11.8 Å². The van der Waals surface area contributed by atoms with Crippen LogP contribution in [0.4, 0.5) is 0 Å². The van der Waals surface area contributed by atoms with E-state index in [2.05, 4.69) is 4.90 Å². The van der Waals surface area contributed by atoms with Gasteiger partial charge in [0, 0.05) is 24.6 Å². The van der Waals surface area contributed by atoms with Gasteiger partial charge in [-0.3, -0.25) is 9.69 Å². The Kier molecular flexibility index (Phi) is 3.72. The van der Waals surface area contributed by atoms with Gasteiger partial charge in [0.05, 0.1) is 0 Å². The number of carbonyl (C=O) groups is 1. The second kappa shape index (κ2) is 4.62. The molecule has 1 heterocycles. The van der Waals surface area contributed by atoms with Crippen molar-refractivity contribution < 1.29 is 9.90 Å². The molecule has 4 heteroatoms. The maximum atomic E-state index is 10.1. The molecule has 0 radical (unpaired) electrons. The molecule has 0 aromatic rings. The van der Waals surface area contributed by atoms with E-state index in [0.29, 0.717) is 6.42 Å². The minimum atomic E-state index is -0.683. The molecule has 0 atom stereocenters. The SMILES string of the molecule is O=C(O)CCCN1CCSC1. The Morgan fingerprint density at radius 2 is 2.45 bits per heavy atom. The summed E-state index contributed by atoms with van der Waals surface area (Å²) in [5.74, 6) is 1.60. The first kappa shape index (κ1) is 8.87. The highest BCUT2D eigenvalue weighted by molar-refractivity contribution is 7.99. The molecule has 1 aliphatic heterocycles. The first-order chi connectivity index (χ1) is 5.29. The second-order valence-corrected chi connectivity index (χ2v) is 3.73. The molecule has 11 heavy (non-hydrogen) atoms. The lowest BCUT2D eigenvalue weighted by Crippen LogP contribution is -2.21. The Bertz CT molecular complexity index is 134. The highest BCUT2D eigenvalue weighted by Crippen LogP contribution is 2.13. The fourth-order valence-electron chi connectivity index (χ4n) is 1.08. The van der Waals surface area contributed by atoms with Crippen molar-refractivity contribution >= 4 is 17.7 Å². The van der Waals surface area contributed by atoms with Gasteiger partial charge in [0.2, 0.25) is 0 Å². The summed E-state index contributed by atoms with van der Waals surface area (Å²) in [5, 5.41) is 8.36. The molecular formula is C7H13NO2S. The van der Waals surface area contributed by atoms with E-state index in [0.717, 1.165) is 25.4 Å². The van der Waals surface area contributed by atoms with Crippen molar-refractivity contribution in [3.8, 4) is 0 Å². The predicted molar refractivity (Wildman–Crippen MR) is 45.8 cm³/mol. The smallest absolute Gasteiger partial charge is 0.303 e. The van der Waals surface area contributed by atoms with E-state index >= 15 is 0 Å². The van der Waals surface area contributed by atoms with Gasteiger partial charge < -0.3 is 5.11 Å². The van der Waals surface area contributed by atoms with E-state index in [1.807, 2.05) is 11.8 Å². The summed E-state index contributed by atoms with van der Waals surface area (Å²) < 4.78 is 0. The van der Waals surface area contributed by atoms with Crippen molar-refractivity contribution in [2.75, 3.05) is 24.7 Å². The number of carboxylic acid groups (broad SMARTS) is 1. The molecule has 0 unspecified atom stereocenters. The van der Waals surface area contributed by atoms with Crippen LogP contribution in [0.1, 0.15) is 12.8 Å². The highest BCUT2D eigenvalue weighted by atomic mass is 32.2. The molecule has 1 aliphatic rings. The number of hydrogen-bond acceptors (Lipinski definition) is 3. The van der Waals surface area contributed by atoms with Gasteiger partial charge in [-0.05, 0) is 13.0 Å². The Morgan fingerprint density at radius 3 is 3.00 bits per heavy atom. The van der Waals surface area contributed by atoms with Crippen molar-refractivity contribution in [2.24, 2.45) is 0 Å². The summed E-state index contributed by atoms with van der Waals surface area (Å²) in [6.45, 7) is 2.07. The minimum absolute atomic E-state index is 0.307. The fourth-order valence-corrected chi connectivity index (χ4v) is 2.11. The van der Waals surface area contributed by atoms with Crippen molar-refractivity contribution in [1.29, 1.82) is 0 Å². The van der Waals surface area contributed by atoms with Crippen LogP contribution in [0.15, 0.2) is 0 Å². The summed E-state index contributed by atoms with van der Waals surface area (Å²) in [6, 6.07) is 0. The Labute approximate surface area is 70.8 Å². The van der Waals surface area contributed by atoms with Gasteiger partial charge in [0.15, 0.2) is 0 Å². The van der Waals surface area contributed by atoms with Gasteiger partial charge in [0.1, 0.15) is 0 Å². The molecule has 0 aromatic carbocycles. The number of rotatable bonds is 4. The number of thioether (sulfide) groups is 1. The number of nitrogens with zero attached hydrogens (tertiary/aromatic N) is 1. The molecule has 0 bridgehead atoms. The number of carboxylic acids is 1. The average Bonchev–Trinajstić information content (AvgIpc) is 2.39. The third-order valence-corrected chi connectivity index (χ3v) is 2.71. The molecule has 1 rings (SSSR count). The monoisotopic (exact) mass is 175 g/mol. The van der Waals surface area contributed by atoms with Crippen molar-refractivity contribution in [3.63, 3.8) is 0 Å². The lowest BCUT2D eigenvalue weighted by molar-refractivity contribution is -0.137. The Morgan fingerprint density at radius 1 is 1.64 bits per heavy atom. The van der Waals surface area contributed by atoms with Crippen molar-refractivity contribution in [1.82, 2.24) is 4.90 Å². The van der Waals surface area contributed by atoms with Crippen LogP contribution in [-0.2, 0) is 4.79 Å². The summed E-state index contributed by atoms with van der Waals surface area (Å²) >= 11 is 1.92. The van der Waals surface area contributed by atoms with Gasteiger partial charge in [-0.25, -0.2) is 0 Å². The molecule has 0 aliphatic carbocycles. The first-order valence-electron chi connectivity index (χ1n) is 3.81. The van der Waals surface area contributed by atoms with Gasteiger partial charge in [-0.1, -0.05) is 0 Å². The Hall–Kier alpha value is -0.220. The van der Waals surface area contributed by atoms with E-state index in [4.69, 9.17) is 5.11 Å². The van der Waals surface area contributed by atoms with Crippen LogP contribution in [0, 0.1) is 0 Å². The molecule has 1 saturated heterocycles. The fraction of sp³-hybridized carbons (Fsp3) is 0.857. The van der Waals surface area contributed by atoms with Crippen LogP contribution < -0.4 is 0 Å². The molecule has 1 N–H and O–H groups in total. The normalized spacial score (nSPS) is 18.9. The van der Waals surface area contributed by atoms with E-state index < -0.39 is 5.97 Å². The van der Waals surface area contributed by atoms with E-state index in [9.17, 15) is 4.79 Å². The molecule has 0 saturated carbocycles. The lowest BCUT2D eigenvalue weighted by atomic mass is 10.3. The maximum absolute atomic E-state index is 10.1. The van der Waals surface area contributed by atoms with Crippen LogP contribution in [0.5, 0.6) is 0 Å². The first-order valence-corrected chi connectivity index (χ1v) is 4.96. The molecule has 1 fully saturated rings. The minimum Gasteiger partial charge on any atom is -0.481 e. The number of hydrogen-bond donors (Lipinski definition) is 1. The van der Waals surface area contributed by atoms with Crippen LogP contribution in [0.3, 0.4) is 0 Å². The zero-order valence-electron chi connectivity index (χ0n) is 6.45. The number of aliphatic carboxylic acids is 1. The molecular weight excluding hydrogens is 162 g/mol. The van der Waals surface area contributed by atoms with Crippen LogP contribution in [0.2, 0.25) is 0 Å². The summed E-state index contributed by atoms with van der Waals surface area (Å²) in [5.41, 5.74) is 0. The van der Waals surface area contributed by atoms with Gasteiger partial charge in [-0.15, -0.1) is 11.8 Å². The predicted octanol–water partition coefficient (Wildman–Crippen LogP) is 0.857. The van der Waals surface area contributed by atoms with Crippen LogP contribution in [-0.4, -0.2) is 40.7 Å². The topological polar surface area (TPSA) is 40.5 Å². The standard InChI is InChI=1S/C7H13NO2S/c9-7(10)2-1-3-8-4-5-11-6-8/h1-6H2,(H,9,10). The van der Waals surface area contributed by atoms with Gasteiger partial charge >= 0.3 is 5.97 Å².